The first-order valence-corrected chi connectivity index (χ1v) is 9.09. The molecule has 1 amide bonds. The van der Waals surface area contributed by atoms with E-state index in [1.807, 2.05) is 19.1 Å². The minimum Gasteiger partial charge on any atom is -0.481 e. The van der Waals surface area contributed by atoms with Crippen molar-refractivity contribution >= 4 is 27.8 Å². The number of carbonyl (C=O) groups is 2. The molecule has 2 atom stereocenters. The fourth-order valence-corrected chi connectivity index (χ4v) is 3.43. The van der Waals surface area contributed by atoms with E-state index in [1.54, 1.807) is 6.07 Å². The summed E-state index contributed by atoms with van der Waals surface area (Å²) in [6, 6.07) is 5.76. The summed E-state index contributed by atoms with van der Waals surface area (Å²) in [6.45, 7) is 3.62. The maximum atomic E-state index is 11.9. The Labute approximate surface area is 151 Å². The number of rotatable bonds is 6. The Balaban J connectivity index is 1.69. The molecule has 0 radical (unpaired) electrons. The fourth-order valence-electron chi connectivity index (χ4n) is 2.83. The summed E-state index contributed by atoms with van der Waals surface area (Å²) in [4.78, 5) is 23.6. The molecule has 5 nitrogen and oxygen atoms in total. The first kappa shape index (κ1) is 18.8. The van der Waals surface area contributed by atoms with Gasteiger partial charge in [0.05, 0.1) is 4.47 Å². The van der Waals surface area contributed by atoms with Gasteiger partial charge in [-0.15, -0.1) is 0 Å². The molecule has 24 heavy (non-hydrogen) atoms. The van der Waals surface area contributed by atoms with E-state index in [-0.39, 0.29) is 25.2 Å². The molecule has 1 saturated carbocycles. The average Bonchev–Trinajstić information content (AvgIpc) is 2.54. The predicted octanol–water partition coefficient (Wildman–Crippen LogP) is 3.37. The number of halogens is 1. The minimum absolute atomic E-state index is 0.185. The van der Waals surface area contributed by atoms with Crippen molar-refractivity contribution < 1.29 is 19.1 Å². The molecule has 0 aliphatic heterocycles. The molecule has 2 rings (SSSR count). The van der Waals surface area contributed by atoms with Crippen LogP contribution in [0.15, 0.2) is 22.7 Å². The molecular weight excluding hydrogens is 374 g/mol. The van der Waals surface area contributed by atoms with Crippen LogP contribution in [0.5, 0.6) is 5.75 Å². The van der Waals surface area contributed by atoms with Crippen molar-refractivity contribution in [1.29, 1.82) is 0 Å². The third kappa shape index (κ3) is 5.82. The number of esters is 1. The van der Waals surface area contributed by atoms with Gasteiger partial charge in [0.2, 0.25) is 0 Å². The van der Waals surface area contributed by atoms with Crippen LogP contribution in [0.4, 0.5) is 0 Å². The second-order valence-electron chi connectivity index (χ2n) is 6.32. The fraction of sp³-hybridized carbons (Fsp3) is 0.556. The van der Waals surface area contributed by atoms with Crippen LogP contribution in [0, 0.1) is 12.8 Å². The Kier molecular flexibility index (Phi) is 7.09. The lowest BCUT2D eigenvalue weighted by atomic mass is 9.86. The molecule has 1 N–H and O–H groups in total. The quantitative estimate of drug-likeness (QED) is 0.747. The van der Waals surface area contributed by atoms with Crippen LogP contribution in [0.25, 0.3) is 0 Å². The number of amides is 1. The molecule has 132 valence electrons. The lowest BCUT2D eigenvalue weighted by molar-refractivity contribution is -0.150. The molecule has 0 unspecified atom stereocenters. The van der Waals surface area contributed by atoms with Gasteiger partial charge >= 0.3 is 5.97 Å². The zero-order chi connectivity index (χ0) is 17.5. The highest BCUT2D eigenvalue weighted by molar-refractivity contribution is 9.10. The van der Waals surface area contributed by atoms with E-state index in [0.29, 0.717) is 11.7 Å². The SMILES string of the molecule is Cc1ccc(OCC(=O)OCC(=O)N[C@H]2CCCC[C@H]2C)c(Br)c1. The molecule has 0 saturated heterocycles. The van der Waals surface area contributed by atoms with Crippen molar-refractivity contribution in [3.63, 3.8) is 0 Å². The van der Waals surface area contributed by atoms with Gasteiger partial charge in [-0.1, -0.05) is 25.8 Å². The number of carbonyl (C=O) groups excluding carboxylic acids is 2. The van der Waals surface area contributed by atoms with E-state index in [2.05, 4.69) is 28.2 Å². The summed E-state index contributed by atoms with van der Waals surface area (Å²) in [7, 11) is 0. The highest BCUT2D eigenvalue weighted by atomic mass is 79.9. The van der Waals surface area contributed by atoms with Gasteiger partial charge in [0.25, 0.3) is 5.91 Å². The molecule has 1 aliphatic carbocycles. The van der Waals surface area contributed by atoms with Gasteiger partial charge in [-0.05, 0) is 59.3 Å². The average molecular weight is 398 g/mol. The van der Waals surface area contributed by atoms with E-state index in [4.69, 9.17) is 9.47 Å². The van der Waals surface area contributed by atoms with Gasteiger partial charge in [-0.25, -0.2) is 4.79 Å². The van der Waals surface area contributed by atoms with Gasteiger partial charge in [0, 0.05) is 6.04 Å². The first-order chi connectivity index (χ1) is 11.5. The Morgan fingerprint density at radius 1 is 1.25 bits per heavy atom. The summed E-state index contributed by atoms with van der Waals surface area (Å²) >= 11 is 3.38. The van der Waals surface area contributed by atoms with E-state index < -0.39 is 5.97 Å². The van der Waals surface area contributed by atoms with Gasteiger partial charge in [0.15, 0.2) is 13.2 Å². The van der Waals surface area contributed by atoms with Crippen molar-refractivity contribution in [2.75, 3.05) is 13.2 Å². The predicted molar refractivity (Wildman–Crippen MR) is 94.9 cm³/mol. The van der Waals surface area contributed by atoms with Gasteiger partial charge in [-0.3, -0.25) is 4.79 Å². The van der Waals surface area contributed by atoms with Crippen molar-refractivity contribution in [1.82, 2.24) is 5.32 Å². The van der Waals surface area contributed by atoms with Crippen LogP contribution in [0.1, 0.15) is 38.2 Å². The van der Waals surface area contributed by atoms with Crippen LogP contribution < -0.4 is 10.1 Å². The summed E-state index contributed by atoms with van der Waals surface area (Å²) in [6.07, 6.45) is 4.47. The number of ether oxygens (including phenoxy) is 2. The molecule has 6 heteroatoms. The molecule has 1 aliphatic rings. The number of hydrogen-bond acceptors (Lipinski definition) is 4. The Bertz CT molecular complexity index is 590. The van der Waals surface area contributed by atoms with Crippen molar-refractivity contribution in [2.45, 2.75) is 45.6 Å². The maximum Gasteiger partial charge on any atom is 0.344 e. The third-order valence-electron chi connectivity index (χ3n) is 4.26. The highest BCUT2D eigenvalue weighted by Crippen LogP contribution is 2.25. The van der Waals surface area contributed by atoms with E-state index >= 15 is 0 Å². The van der Waals surface area contributed by atoms with Crippen molar-refractivity contribution in [2.24, 2.45) is 5.92 Å². The lowest BCUT2D eigenvalue weighted by Crippen LogP contribution is -2.43. The smallest absolute Gasteiger partial charge is 0.344 e. The zero-order valence-corrected chi connectivity index (χ0v) is 15.7. The Morgan fingerprint density at radius 3 is 2.71 bits per heavy atom. The molecule has 1 fully saturated rings. The van der Waals surface area contributed by atoms with Crippen LogP contribution in [-0.2, 0) is 14.3 Å². The molecule has 0 aromatic heterocycles. The minimum atomic E-state index is -0.561. The topological polar surface area (TPSA) is 64.6 Å². The van der Waals surface area contributed by atoms with Crippen LogP contribution in [0.3, 0.4) is 0 Å². The number of aryl methyl sites for hydroxylation is 1. The molecule has 0 heterocycles. The molecular formula is C18H24BrNO4. The molecule has 0 bridgehead atoms. The van der Waals surface area contributed by atoms with Gasteiger partial charge in [-0.2, -0.15) is 0 Å². The standard InChI is InChI=1S/C18H24BrNO4/c1-12-7-8-16(14(19)9-12)23-11-18(22)24-10-17(21)20-15-6-4-3-5-13(15)2/h7-9,13,15H,3-6,10-11H2,1-2H3,(H,20,21)/t13-,15+/m1/s1. The molecule has 0 spiro atoms. The van der Waals surface area contributed by atoms with Gasteiger partial charge in [0.1, 0.15) is 5.75 Å². The summed E-state index contributed by atoms with van der Waals surface area (Å²) in [5.74, 6) is 0.228. The molecule has 1 aromatic rings. The first-order valence-electron chi connectivity index (χ1n) is 8.29. The van der Waals surface area contributed by atoms with Crippen molar-refractivity contribution in [3.8, 4) is 5.75 Å². The highest BCUT2D eigenvalue weighted by Gasteiger charge is 2.23. The van der Waals surface area contributed by atoms with Crippen LogP contribution in [0.2, 0.25) is 0 Å². The number of hydrogen-bond donors (Lipinski definition) is 1. The van der Waals surface area contributed by atoms with Crippen LogP contribution >= 0.6 is 15.9 Å². The summed E-state index contributed by atoms with van der Waals surface area (Å²) in [5, 5.41) is 2.95. The monoisotopic (exact) mass is 397 g/mol. The number of benzene rings is 1. The second-order valence-corrected chi connectivity index (χ2v) is 7.17. The van der Waals surface area contributed by atoms with Gasteiger partial charge < -0.3 is 14.8 Å². The van der Waals surface area contributed by atoms with Crippen molar-refractivity contribution in [3.05, 3.63) is 28.2 Å². The molecule has 1 aromatic carbocycles. The normalized spacial score (nSPS) is 20.3. The maximum absolute atomic E-state index is 11.9. The van der Waals surface area contributed by atoms with Crippen LogP contribution in [-0.4, -0.2) is 31.1 Å². The second kappa shape index (κ2) is 9.06. The number of nitrogens with one attached hydrogen (secondary N) is 1. The summed E-state index contributed by atoms with van der Waals surface area (Å²) < 4.78 is 11.2. The zero-order valence-electron chi connectivity index (χ0n) is 14.1. The Morgan fingerprint density at radius 2 is 2.00 bits per heavy atom. The summed E-state index contributed by atoms with van der Waals surface area (Å²) in [5.41, 5.74) is 1.09. The third-order valence-corrected chi connectivity index (χ3v) is 4.87. The van der Waals surface area contributed by atoms with E-state index in [9.17, 15) is 9.59 Å². The largest absolute Gasteiger partial charge is 0.481 e. The van der Waals surface area contributed by atoms with E-state index in [1.165, 1.54) is 6.42 Å². The van der Waals surface area contributed by atoms with E-state index in [0.717, 1.165) is 29.3 Å². The lowest BCUT2D eigenvalue weighted by Gasteiger charge is -2.29. The Hall–Kier alpha value is -1.56.